The van der Waals surface area contributed by atoms with Crippen molar-refractivity contribution >= 4 is 27.7 Å². The maximum absolute atomic E-state index is 3.51. The van der Waals surface area contributed by atoms with Crippen molar-refractivity contribution in [1.82, 2.24) is 5.32 Å². The molecule has 112 valence electrons. The molecular formula is C18H22BrNS. The van der Waals surface area contributed by atoms with Gasteiger partial charge in [-0.2, -0.15) is 0 Å². The summed E-state index contributed by atoms with van der Waals surface area (Å²) in [5.41, 5.74) is 1.42. The van der Waals surface area contributed by atoms with Gasteiger partial charge in [-0.1, -0.05) is 53.2 Å². The Morgan fingerprint density at radius 3 is 2.43 bits per heavy atom. The lowest BCUT2D eigenvalue weighted by Gasteiger charge is -2.18. The van der Waals surface area contributed by atoms with E-state index < -0.39 is 0 Å². The molecule has 1 atom stereocenters. The number of hydrogen-bond acceptors (Lipinski definition) is 2. The molecule has 0 aromatic heterocycles. The molecule has 0 aliphatic rings. The molecule has 0 aliphatic heterocycles. The zero-order chi connectivity index (χ0) is 14.9. The Balaban J connectivity index is 1.91. The molecule has 1 nitrogen and oxygen atoms in total. The minimum atomic E-state index is 0.578. The van der Waals surface area contributed by atoms with Crippen LogP contribution in [-0.2, 0) is 0 Å². The third-order valence-electron chi connectivity index (χ3n) is 3.46. The van der Waals surface area contributed by atoms with Gasteiger partial charge in [0.2, 0.25) is 0 Å². The molecule has 2 rings (SSSR count). The van der Waals surface area contributed by atoms with E-state index in [-0.39, 0.29) is 0 Å². The Morgan fingerprint density at radius 2 is 1.76 bits per heavy atom. The van der Waals surface area contributed by atoms with Crippen LogP contribution in [0.3, 0.4) is 0 Å². The first-order valence-electron chi connectivity index (χ1n) is 7.43. The summed E-state index contributed by atoms with van der Waals surface area (Å²) in [6, 6.07) is 19.4. The second-order valence-corrected chi connectivity index (χ2v) is 7.09. The molecule has 0 saturated heterocycles. The van der Waals surface area contributed by atoms with Crippen molar-refractivity contribution in [3.05, 3.63) is 64.6 Å². The third kappa shape index (κ3) is 5.85. The maximum Gasteiger partial charge on any atom is 0.0175 e. The van der Waals surface area contributed by atoms with Crippen LogP contribution < -0.4 is 5.32 Å². The second-order valence-electron chi connectivity index (χ2n) is 5.01. The summed E-state index contributed by atoms with van der Waals surface area (Å²) in [4.78, 5) is 1.36. The first-order valence-corrected chi connectivity index (χ1v) is 9.21. The number of rotatable bonds is 8. The van der Waals surface area contributed by atoms with Crippen LogP contribution in [0, 0.1) is 0 Å². The quantitative estimate of drug-likeness (QED) is 0.636. The van der Waals surface area contributed by atoms with Crippen LogP contribution in [-0.4, -0.2) is 18.8 Å². The zero-order valence-electron chi connectivity index (χ0n) is 12.4. The topological polar surface area (TPSA) is 12.0 Å². The van der Waals surface area contributed by atoms with E-state index in [1.165, 1.54) is 16.9 Å². The lowest BCUT2D eigenvalue weighted by Crippen LogP contribution is -2.21. The number of likely N-dealkylation sites (N-methyl/N-ethyl adjacent to an activating group) is 1. The van der Waals surface area contributed by atoms with Gasteiger partial charge in [0.25, 0.3) is 0 Å². The second kappa shape index (κ2) is 9.29. The van der Waals surface area contributed by atoms with Crippen LogP contribution in [0.25, 0.3) is 0 Å². The predicted octanol–water partition coefficient (Wildman–Crippen LogP) is 5.32. The molecule has 0 radical (unpaired) electrons. The van der Waals surface area contributed by atoms with Crippen LogP contribution in [0.1, 0.15) is 24.8 Å². The minimum Gasteiger partial charge on any atom is -0.316 e. The van der Waals surface area contributed by atoms with E-state index >= 15 is 0 Å². The summed E-state index contributed by atoms with van der Waals surface area (Å²) in [7, 11) is 0. The molecule has 2 aromatic rings. The molecule has 2 aromatic carbocycles. The molecule has 1 unspecified atom stereocenters. The van der Waals surface area contributed by atoms with Gasteiger partial charge in [-0.15, -0.1) is 11.8 Å². The number of halogens is 1. The molecule has 21 heavy (non-hydrogen) atoms. The molecule has 3 heteroatoms. The van der Waals surface area contributed by atoms with Crippen LogP contribution in [0.15, 0.2) is 64.0 Å². The molecule has 0 amide bonds. The third-order valence-corrected chi connectivity index (χ3v) is 5.03. The Bertz CT molecular complexity index is 513. The summed E-state index contributed by atoms with van der Waals surface area (Å²) in [5.74, 6) is 1.73. The van der Waals surface area contributed by atoms with Crippen molar-refractivity contribution in [2.24, 2.45) is 0 Å². The van der Waals surface area contributed by atoms with Gasteiger partial charge in [0.15, 0.2) is 0 Å². The maximum atomic E-state index is 3.51. The van der Waals surface area contributed by atoms with Crippen LogP contribution >= 0.6 is 27.7 Å². The van der Waals surface area contributed by atoms with Crippen molar-refractivity contribution in [3.63, 3.8) is 0 Å². The average Bonchev–Trinajstić information content (AvgIpc) is 2.53. The monoisotopic (exact) mass is 363 g/mol. The standard InChI is InChI=1S/C18H22BrNS/c1-2-20-14-16(15-8-10-17(19)11-9-15)12-13-21-18-6-4-3-5-7-18/h3-11,16,20H,2,12-14H2,1H3. The van der Waals surface area contributed by atoms with Gasteiger partial charge in [-0.25, -0.2) is 0 Å². The van der Waals surface area contributed by atoms with Gasteiger partial charge in [0.1, 0.15) is 0 Å². The van der Waals surface area contributed by atoms with Gasteiger partial charge in [0, 0.05) is 15.9 Å². The largest absolute Gasteiger partial charge is 0.316 e. The van der Waals surface area contributed by atoms with E-state index in [2.05, 4.69) is 82.8 Å². The number of thioether (sulfide) groups is 1. The van der Waals surface area contributed by atoms with E-state index in [0.717, 1.165) is 23.3 Å². The zero-order valence-corrected chi connectivity index (χ0v) is 14.8. The minimum absolute atomic E-state index is 0.578. The highest BCUT2D eigenvalue weighted by molar-refractivity contribution is 9.10. The highest BCUT2D eigenvalue weighted by Gasteiger charge is 2.11. The van der Waals surface area contributed by atoms with Crippen molar-refractivity contribution in [2.75, 3.05) is 18.8 Å². The van der Waals surface area contributed by atoms with Crippen LogP contribution in [0.4, 0.5) is 0 Å². The smallest absolute Gasteiger partial charge is 0.0175 e. The SMILES string of the molecule is CCNCC(CCSc1ccccc1)c1ccc(Br)cc1. The van der Waals surface area contributed by atoms with Crippen molar-refractivity contribution in [1.29, 1.82) is 0 Å². The summed E-state index contributed by atoms with van der Waals surface area (Å²) in [6.07, 6.45) is 1.19. The summed E-state index contributed by atoms with van der Waals surface area (Å²) < 4.78 is 1.15. The molecule has 0 fully saturated rings. The molecule has 0 aliphatic carbocycles. The number of hydrogen-bond donors (Lipinski definition) is 1. The van der Waals surface area contributed by atoms with E-state index in [9.17, 15) is 0 Å². The van der Waals surface area contributed by atoms with E-state index in [1.807, 2.05) is 11.8 Å². The van der Waals surface area contributed by atoms with Crippen molar-refractivity contribution in [2.45, 2.75) is 24.2 Å². The highest BCUT2D eigenvalue weighted by Crippen LogP contribution is 2.26. The molecule has 1 N–H and O–H groups in total. The first kappa shape index (κ1) is 16.6. The van der Waals surface area contributed by atoms with Gasteiger partial charge < -0.3 is 5.32 Å². The lowest BCUT2D eigenvalue weighted by molar-refractivity contribution is 0.587. The lowest BCUT2D eigenvalue weighted by atomic mass is 9.96. The summed E-state index contributed by atoms with van der Waals surface area (Å²) in [6.45, 7) is 4.24. The number of benzene rings is 2. The Kier molecular flexibility index (Phi) is 7.34. The Morgan fingerprint density at radius 1 is 1.05 bits per heavy atom. The number of nitrogens with one attached hydrogen (secondary N) is 1. The predicted molar refractivity (Wildman–Crippen MR) is 97.2 cm³/mol. The normalized spacial score (nSPS) is 12.3. The fourth-order valence-electron chi connectivity index (χ4n) is 2.28. The summed E-state index contributed by atoms with van der Waals surface area (Å²) >= 11 is 5.45. The molecule has 0 bridgehead atoms. The fourth-order valence-corrected chi connectivity index (χ4v) is 3.53. The van der Waals surface area contributed by atoms with Gasteiger partial charge in [-0.3, -0.25) is 0 Å². The molecular weight excluding hydrogens is 342 g/mol. The van der Waals surface area contributed by atoms with Crippen molar-refractivity contribution < 1.29 is 0 Å². The first-order chi connectivity index (χ1) is 10.3. The Hall–Kier alpha value is -0.770. The Labute approximate surface area is 140 Å². The highest BCUT2D eigenvalue weighted by atomic mass is 79.9. The molecule has 0 spiro atoms. The van der Waals surface area contributed by atoms with E-state index in [1.54, 1.807) is 0 Å². The average molecular weight is 364 g/mol. The fraction of sp³-hybridized carbons (Fsp3) is 0.333. The van der Waals surface area contributed by atoms with E-state index in [4.69, 9.17) is 0 Å². The molecule has 0 heterocycles. The van der Waals surface area contributed by atoms with Crippen LogP contribution in [0.2, 0.25) is 0 Å². The molecule has 0 saturated carbocycles. The summed E-state index contributed by atoms with van der Waals surface area (Å²) in [5, 5.41) is 3.49. The van der Waals surface area contributed by atoms with Crippen LogP contribution in [0.5, 0.6) is 0 Å². The van der Waals surface area contributed by atoms with Gasteiger partial charge in [0.05, 0.1) is 0 Å². The van der Waals surface area contributed by atoms with Crippen molar-refractivity contribution in [3.8, 4) is 0 Å². The van der Waals surface area contributed by atoms with Gasteiger partial charge >= 0.3 is 0 Å². The van der Waals surface area contributed by atoms with E-state index in [0.29, 0.717) is 5.92 Å². The van der Waals surface area contributed by atoms with Gasteiger partial charge in [-0.05, 0) is 54.5 Å².